The Hall–Kier alpha value is -0.120. The SMILES string of the molecule is OCC1(CN(C2CCCCC2)C2CCCCC2)CCOC1. The first-order valence-electron chi connectivity index (χ1n) is 9.27. The summed E-state index contributed by atoms with van der Waals surface area (Å²) in [5.74, 6) is 0. The predicted octanol–water partition coefficient (Wildman–Crippen LogP) is 3.35. The molecule has 21 heavy (non-hydrogen) atoms. The minimum atomic E-state index is 0.0227. The second-order valence-electron chi connectivity index (χ2n) is 7.72. The van der Waals surface area contributed by atoms with Gasteiger partial charge in [-0.3, -0.25) is 4.90 Å². The van der Waals surface area contributed by atoms with E-state index in [1.807, 2.05) is 0 Å². The third-order valence-electron chi connectivity index (χ3n) is 6.13. The molecule has 3 rings (SSSR count). The summed E-state index contributed by atoms with van der Waals surface area (Å²) in [6, 6.07) is 1.54. The first kappa shape index (κ1) is 15.8. The minimum Gasteiger partial charge on any atom is -0.396 e. The van der Waals surface area contributed by atoms with Crippen LogP contribution < -0.4 is 0 Å². The van der Waals surface area contributed by atoms with Gasteiger partial charge in [0.05, 0.1) is 13.2 Å². The van der Waals surface area contributed by atoms with Crippen molar-refractivity contribution < 1.29 is 9.84 Å². The Morgan fingerprint density at radius 2 is 1.48 bits per heavy atom. The van der Waals surface area contributed by atoms with E-state index >= 15 is 0 Å². The molecule has 0 spiro atoms. The van der Waals surface area contributed by atoms with Crippen molar-refractivity contribution in [2.45, 2.75) is 82.7 Å². The molecule has 2 saturated carbocycles. The minimum absolute atomic E-state index is 0.0227. The standard InChI is InChI=1S/C18H33NO2/c20-14-18(11-12-21-15-18)13-19(16-7-3-1-4-8-16)17-9-5-2-6-10-17/h16-17,20H,1-15H2. The maximum absolute atomic E-state index is 9.96. The largest absolute Gasteiger partial charge is 0.396 e. The summed E-state index contributed by atoms with van der Waals surface area (Å²) in [5, 5.41) is 9.96. The van der Waals surface area contributed by atoms with Gasteiger partial charge in [-0.1, -0.05) is 38.5 Å². The van der Waals surface area contributed by atoms with Crippen molar-refractivity contribution in [2.24, 2.45) is 5.41 Å². The molecule has 1 unspecified atom stereocenters. The maximum Gasteiger partial charge on any atom is 0.0557 e. The molecule has 122 valence electrons. The molecule has 1 atom stereocenters. The van der Waals surface area contributed by atoms with Gasteiger partial charge in [0.1, 0.15) is 0 Å². The molecule has 1 aliphatic heterocycles. The van der Waals surface area contributed by atoms with Crippen LogP contribution in [-0.4, -0.2) is 48.5 Å². The molecule has 3 nitrogen and oxygen atoms in total. The Morgan fingerprint density at radius 1 is 0.905 bits per heavy atom. The van der Waals surface area contributed by atoms with Gasteiger partial charge < -0.3 is 9.84 Å². The number of hydrogen-bond donors (Lipinski definition) is 1. The van der Waals surface area contributed by atoms with Crippen molar-refractivity contribution in [1.82, 2.24) is 4.90 Å². The first-order valence-corrected chi connectivity index (χ1v) is 9.27. The van der Waals surface area contributed by atoms with Crippen LogP contribution >= 0.6 is 0 Å². The fraction of sp³-hybridized carbons (Fsp3) is 1.00. The Bertz CT molecular complexity index is 284. The average molecular weight is 295 g/mol. The first-order chi connectivity index (χ1) is 10.3. The zero-order valence-corrected chi connectivity index (χ0v) is 13.6. The lowest BCUT2D eigenvalue weighted by molar-refractivity contribution is 0.00251. The molecule has 0 radical (unpaired) electrons. The normalized spacial score (nSPS) is 32.9. The van der Waals surface area contributed by atoms with E-state index in [1.54, 1.807) is 0 Å². The van der Waals surface area contributed by atoms with Crippen LogP contribution in [-0.2, 0) is 4.74 Å². The Morgan fingerprint density at radius 3 is 1.90 bits per heavy atom. The third kappa shape index (κ3) is 3.80. The molecule has 1 saturated heterocycles. The van der Waals surface area contributed by atoms with Crippen molar-refractivity contribution in [3.8, 4) is 0 Å². The highest BCUT2D eigenvalue weighted by molar-refractivity contribution is 4.92. The lowest BCUT2D eigenvalue weighted by Crippen LogP contribution is -2.51. The van der Waals surface area contributed by atoms with Crippen molar-refractivity contribution >= 4 is 0 Å². The van der Waals surface area contributed by atoms with Crippen LogP contribution in [0.1, 0.15) is 70.6 Å². The summed E-state index contributed by atoms with van der Waals surface area (Å²) >= 11 is 0. The van der Waals surface area contributed by atoms with Crippen LogP contribution in [0.3, 0.4) is 0 Å². The van der Waals surface area contributed by atoms with Crippen LogP contribution in [0, 0.1) is 5.41 Å². The van der Waals surface area contributed by atoms with E-state index in [4.69, 9.17) is 4.74 Å². The second-order valence-corrected chi connectivity index (χ2v) is 7.72. The number of aliphatic hydroxyl groups is 1. The number of rotatable bonds is 5. The molecule has 3 aliphatic rings. The van der Waals surface area contributed by atoms with Crippen molar-refractivity contribution in [3.05, 3.63) is 0 Å². The van der Waals surface area contributed by atoms with Gasteiger partial charge in [0.2, 0.25) is 0 Å². The van der Waals surface area contributed by atoms with Gasteiger partial charge in [0.25, 0.3) is 0 Å². The van der Waals surface area contributed by atoms with Gasteiger partial charge in [-0.05, 0) is 32.1 Å². The topological polar surface area (TPSA) is 32.7 Å². The van der Waals surface area contributed by atoms with E-state index in [9.17, 15) is 5.11 Å². The fourth-order valence-corrected chi connectivity index (χ4v) is 4.72. The van der Waals surface area contributed by atoms with E-state index in [0.29, 0.717) is 6.61 Å². The molecule has 2 aliphatic carbocycles. The summed E-state index contributed by atoms with van der Waals surface area (Å²) in [6.45, 7) is 2.96. The van der Waals surface area contributed by atoms with Gasteiger partial charge in [0.15, 0.2) is 0 Å². The Balaban J connectivity index is 1.70. The number of aliphatic hydroxyl groups excluding tert-OH is 1. The van der Waals surface area contributed by atoms with Gasteiger partial charge in [-0.25, -0.2) is 0 Å². The fourth-order valence-electron chi connectivity index (χ4n) is 4.72. The third-order valence-corrected chi connectivity index (χ3v) is 6.13. The molecule has 1 N–H and O–H groups in total. The summed E-state index contributed by atoms with van der Waals surface area (Å²) in [4.78, 5) is 2.82. The van der Waals surface area contributed by atoms with E-state index in [-0.39, 0.29) is 5.41 Å². The molecular formula is C18H33NO2. The van der Waals surface area contributed by atoms with Gasteiger partial charge in [-0.15, -0.1) is 0 Å². The lowest BCUT2D eigenvalue weighted by atomic mass is 9.83. The molecule has 3 heteroatoms. The molecule has 0 aromatic carbocycles. The Labute approximate surface area is 130 Å². The smallest absolute Gasteiger partial charge is 0.0557 e. The maximum atomic E-state index is 9.96. The summed E-state index contributed by atoms with van der Waals surface area (Å²) in [5.41, 5.74) is 0.0227. The Kier molecular flexibility index (Phi) is 5.58. The van der Waals surface area contributed by atoms with Gasteiger partial charge >= 0.3 is 0 Å². The van der Waals surface area contributed by atoms with Crippen LogP contribution in [0.2, 0.25) is 0 Å². The van der Waals surface area contributed by atoms with Crippen LogP contribution in [0.5, 0.6) is 0 Å². The molecule has 0 aromatic heterocycles. The summed E-state index contributed by atoms with van der Waals surface area (Å²) in [7, 11) is 0. The molecular weight excluding hydrogens is 262 g/mol. The second kappa shape index (κ2) is 7.43. The highest BCUT2D eigenvalue weighted by atomic mass is 16.5. The van der Waals surface area contributed by atoms with E-state index < -0.39 is 0 Å². The van der Waals surface area contributed by atoms with E-state index in [0.717, 1.165) is 38.3 Å². The predicted molar refractivity (Wildman–Crippen MR) is 85.4 cm³/mol. The number of hydrogen-bond acceptors (Lipinski definition) is 3. The van der Waals surface area contributed by atoms with Gasteiger partial charge in [0, 0.05) is 30.7 Å². The lowest BCUT2D eigenvalue weighted by Gasteiger charge is -2.45. The van der Waals surface area contributed by atoms with Crippen molar-refractivity contribution in [3.63, 3.8) is 0 Å². The molecule has 3 fully saturated rings. The summed E-state index contributed by atoms with van der Waals surface area (Å²) < 4.78 is 5.64. The number of ether oxygens (including phenoxy) is 1. The zero-order valence-electron chi connectivity index (χ0n) is 13.6. The monoisotopic (exact) mass is 295 g/mol. The van der Waals surface area contributed by atoms with Gasteiger partial charge in [-0.2, -0.15) is 0 Å². The molecule has 0 bridgehead atoms. The van der Waals surface area contributed by atoms with Crippen LogP contribution in [0.15, 0.2) is 0 Å². The van der Waals surface area contributed by atoms with Crippen LogP contribution in [0.4, 0.5) is 0 Å². The van der Waals surface area contributed by atoms with Crippen LogP contribution in [0.25, 0.3) is 0 Å². The number of nitrogens with zero attached hydrogens (tertiary/aromatic N) is 1. The van der Waals surface area contributed by atoms with Crippen molar-refractivity contribution in [1.29, 1.82) is 0 Å². The van der Waals surface area contributed by atoms with E-state index in [2.05, 4.69) is 4.90 Å². The highest BCUT2D eigenvalue weighted by Crippen LogP contribution is 2.36. The molecule has 0 aromatic rings. The average Bonchev–Trinajstić information content (AvgIpc) is 3.04. The molecule has 0 amide bonds. The van der Waals surface area contributed by atoms with Crippen molar-refractivity contribution in [2.75, 3.05) is 26.4 Å². The molecule has 1 heterocycles. The van der Waals surface area contributed by atoms with E-state index in [1.165, 1.54) is 64.2 Å². The highest BCUT2D eigenvalue weighted by Gasteiger charge is 2.40. The quantitative estimate of drug-likeness (QED) is 0.844. The zero-order chi connectivity index (χ0) is 14.5. The summed E-state index contributed by atoms with van der Waals surface area (Å²) in [6.07, 6.45) is 15.0.